The third-order valence-corrected chi connectivity index (χ3v) is 8.99. The van der Waals surface area contributed by atoms with Gasteiger partial charge >= 0.3 is 5.97 Å². The van der Waals surface area contributed by atoms with Crippen LogP contribution in [0.4, 0.5) is 5.69 Å². The van der Waals surface area contributed by atoms with Crippen molar-refractivity contribution in [1.82, 2.24) is 4.57 Å². The molecule has 0 aliphatic carbocycles. The van der Waals surface area contributed by atoms with Crippen LogP contribution >= 0.6 is 22.9 Å². The first-order chi connectivity index (χ1) is 22.1. The number of esters is 1. The number of fused-ring (bicyclic) bond motifs is 1. The number of para-hydroxylation sites is 1. The molecule has 0 fully saturated rings. The number of methoxy groups -OCH3 is 1. The smallest absolute Gasteiger partial charge is 0.338 e. The van der Waals surface area contributed by atoms with Crippen LogP contribution in [0.25, 0.3) is 17.4 Å². The van der Waals surface area contributed by atoms with Crippen molar-refractivity contribution in [3.05, 3.63) is 143 Å². The summed E-state index contributed by atoms with van der Waals surface area (Å²) in [5.74, 6) is 0.246. The summed E-state index contributed by atoms with van der Waals surface area (Å²) in [6, 6.07) is 24.7. The molecule has 1 atom stereocenters. The van der Waals surface area contributed by atoms with E-state index in [1.165, 1.54) is 18.4 Å². The Bertz CT molecular complexity index is 2180. The lowest BCUT2D eigenvalue weighted by Gasteiger charge is -2.25. The molecule has 232 valence electrons. The number of carbonyl (C=O) groups is 2. The number of rotatable bonds is 7. The van der Waals surface area contributed by atoms with Crippen LogP contribution in [0.5, 0.6) is 0 Å². The zero-order chi connectivity index (χ0) is 32.5. The lowest BCUT2D eigenvalue weighted by Crippen LogP contribution is -2.40. The van der Waals surface area contributed by atoms with Crippen LogP contribution in [0.15, 0.2) is 110 Å². The molecule has 5 aromatic rings. The van der Waals surface area contributed by atoms with Crippen molar-refractivity contribution < 1.29 is 18.7 Å². The number of nitrogens with one attached hydrogen (secondary N) is 1. The lowest BCUT2D eigenvalue weighted by atomic mass is 9.93. The van der Waals surface area contributed by atoms with Gasteiger partial charge in [0.25, 0.3) is 11.5 Å². The van der Waals surface area contributed by atoms with E-state index in [0.717, 1.165) is 11.1 Å². The van der Waals surface area contributed by atoms with Gasteiger partial charge in [-0.1, -0.05) is 79.2 Å². The summed E-state index contributed by atoms with van der Waals surface area (Å²) in [6.07, 6.45) is 1.64. The Morgan fingerprint density at radius 2 is 1.78 bits per heavy atom. The molecule has 6 rings (SSSR count). The number of carbonyl (C=O) groups excluding carboxylic acids is 2. The van der Waals surface area contributed by atoms with Gasteiger partial charge in [0.1, 0.15) is 11.5 Å². The maximum absolute atomic E-state index is 14.1. The molecule has 0 unspecified atom stereocenters. The Balaban J connectivity index is 1.45. The number of aromatic nitrogens is 1. The number of halogens is 1. The number of hydrogen-bond acceptors (Lipinski definition) is 7. The third kappa shape index (κ3) is 5.99. The lowest BCUT2D eigenvalue weighted by molar-refractivity contribution is -0.113. The molecule has 0 saturated carbocycles. The molecule has 1 aliphatic heterocycles. The molecule has 46 heavy (non-hydrogen) atoms. The van der Waals surface area contributed by atoms with Crippen LogP contribution in [0.2, 0.25) is 5.02 Å². The van der Waals surface area contributed by atoms with Gasteiger partial charge in [-0.2, -0.15) is 0 Å². The highest BCUT2D eigenvalue weighted by molar-refractivity contribution is 7.07. The van der Waals surface area contributed by atoms with Crippen LogP contribution in [0.1, 0.15) is 60.0 Å². The molecular formula is C36H30ClN3O5S. The van der Waals surface area contributed by atoms with E-state index in [9.17, 15) is 14.4 Å². The second-order valence-electron chi connectivity index (χ2n) is 11.1. The van der Waals surface area contributed by atoms with Crippen molar-refractivity contribution in [3.63, 3.8) is 0 Å². The van der Waals surface area contributed by atoms with Crippen LogP contribution in [0.3, 0.4) is 0 Å². The molecule has 2 aromatic heterocycles. The molecule has 1 N–H and O–H groups in total. The highest BCUT2D eigenvalue weighted by Gasteiger charge is 2.32. The summed E-state index contributed by atoms with van der Waals surface area (Å²) in [4.78, 5) is 45.5. The molecule has 1 amide bonds. The van der Waals surface area contributed by atoms with Crippen LogP contribution in [0, 0.1) is 0 Å². The Hall–Kier alpha value is -4.99. The van der Waals surface area contributed by atoms with Gasteiger partial charge in [0.15, 0.2) is 4.80 Å². The molecule has 8 nitrogen and oxygen atoms in total. The van der Waals surface area contributed by atoms with E-state index in [1.807, 2.05) is 54.6 Å². The molecule has 1 aliphatic rings. The van der Waals surface area contributed by atoms with Gasteiger partial charge in [0, 0.05) is 22.3 Å². The van der Waals surface area contributed by atoms with Crippen LogP contribution in [-0.2, 0) is 9.53 Å². The molecule has 0 saturated heterocycles. The normalized spacial score (nSPS) is 14.7. The number of anilines is 1. The van der Waals surface area contributed by atoms with Gasteiger partial charge in [0.2, 0.25) is 0 Å². The number of nitrogens with zero attached hydrogens (tertiary/aromatic N) is 2. The predicted molar refractivity (Wildman–Crippen MR) is 180 cm³/mol. The van der Waals surface area contributed by atoms with Crippen molar-refractivity contribution >= 4 is 46.6 Å². The minimum atomic E-state index is -0.704. The summed E-state index contributed by atoms with van der Waals surface area (Å²) >= 11 is 7.43. The second-order valence-corrected chi connectivity index (χ2v) is 12.6. The zero-order valence-electron chi connectivity index (χ0n) is 25.5. The van der Waals surface area contributed by atoms with Crippen molar-refractivity contribution in [3.8, 4) is 11.3 Å². The van der Waals surface area contributed by atoms with Gasteiger partial charge < -0.3 is 14.5 Å². The first-order valence-electron chi connectivity index (χ1n) is 14.6. The van der Waals surface area contributed by atoms with E-state index in [2.05, 4.69) is 19.2 Å². The van der Waals surface area contributed by atoms with Gasteiger partial charge in [-0.05, 0) is 66.4 Å². The first-order valence-corrected chi connectivity index (χ1v) is 15.8. The molecular weight excluding hydrogens is 622 g/mol. The monoisotopic (exact) mass is 651 g/mol. The summed E-state index contributed by atoms with van der Waals surface area (Å²) < 4.78 is 12.9. The van der Waals surface area contributed by atoms with Crippen molar-refractivity contribution in [2.75, 3.05) is 12.4 Å². The molecule has 3 aromatic carbocycles. The first kappa shape index (κ1) is 31.0. The number of thiazole rings is 1. The fourth-order valence-corrected chi connectivity index (χ4v) is 6.62. The van der Waals surface area contributed by atoms with E-state index in [4.69, 9.17) is 25.7 Å². The Labute approximate surface area is 273 Å². The summed E-state index contributed by atoms with van der Waals surface area (Å²) in [6.45, 7) is 6.02. The molecule has 3 heterocycles. The highest BCUT2D eigenvalue weighted by Crippen LogP contribution is 2.32. The number of ether oxygens (including phenoxy) is 1. The van der Waals surface area contributed by atoms with Gasteiger partial charge in [-0.15, -0.1) is 0 Å². The van der Waals surface area contributed by atoms with Gasteiger partial charge in [-0.25, -0.2) is 9.79 Å². The van der Waals surface area contributed by atoms with E-state index in [1.54, 1.807) is 47.9 Å². The summed E-state index contributed by atoms with van der Waals surface area (Å²) in [5, 5.41) is 3.40. The summed E-state index contributed by atoms with van der Waals surface area (Å²) in [7, 11) is 1.30. The number of hydrogen-bond donors (Lipinski definition) is 1. The summed E-state index contributed by atoms with van der Waals surface area (Å²) in [5.41, 5.74) is 3.95. The minimum absolute atomic E-state index is 0.299. The fourth-order valence-electron chi connectivity index (χ4n) is 5.42. The van der Waals surface area contributed by atoms with Crippen LogP contribution in [-0.4, -0.2) is 23.6 Å². The van der Waals surface area contributed by atoms with Crippen molar-refractivity contribution in [2.24, 2.45) is 4.99 Å². The quantitative estimate of drug-likeness (QED) is 0.197. The fraction of sp³-hybridized carbons (Fsp3) is 0.167. The number of amides is 1. The highest BCUT2D eigenvalue weighted by atomic mass is 35.5. The Kier molecular flexibility index (Phi) is 8.62. The topological polar surface area (TPSA) is 103 Å². The van der Waals surface area contributed by atoms with E-state index in [0.29, 0.717) is 59.9 Å². The maximum atomic E-state index is 14.1. The molecule has 0 radical (unpaired) electrons. The maximum Gasteiger partial charge on any atom is 0.338 e. The zero-order valence-corrected chi connectivity index (χ0v) is 27.1. The Morgan fingerprint density at radius 3 is 2.48 bits per heavy atom. The van der Waals surface area contributed by atoms with Gasteiger partial charge in [0.05, 0.1) is 34.5 Å². The van der Waals surface area contributed by atoms with E-state index < -0.39 is 12.0 Å². The van der Waals surface area contributed by atoms with E-state index in [-0.39, 0.29) is 11.5 Å². The van der Waals surface area contributed by atoms with E-state index >= 15 is 0 Å². The molecule has 10 heteroatoms. The second kappa shape index (κ2) is 12.8. The third-order valence-electron chi connectivity index (χ3n) is 7.77. The molecule has 0 bridgehead atoms. The average molecular weight is 652 g/mol. The Morgan fingerprint density at radius 1 is 1.04 bits per heavy atom. The van der Waals surface area contributed by atoms with Gasteiger partial charge in [-0.3, -0.25) is 14.2 Å². The average Bonchev–Trinajstić information content (AvgIpc) is 3.64. The SMILES string of the molecule is COC(=O)c1ccc(Cl)cc1-c1ccc(/C=c2/sc3n(c2=O)[C@H](c2ccc(C(C)C)cc2)C(C(=O)Nc2ccccc2)=C(C)N=3)o1. The van der Waals surface area contributed by atoms with Crippen molar-refractivity contribution in [2.45, 2.75) is 32.7 Å². The predicted octanol–water partition coefficient (Wildman–Crippen LogP) is 6.70. The van der Waals surface area contributed by atoms with Crippen LogP contribution < -0.4 is 20.2 Å². The molecule has 0 spiro atoms. The standard InChI is InChI=1S/C36H30ClN3O5S/c1-20(2)22-10-12-23(13-11-22)32-31(33(41)39-25-8-6-5-7-9-25)21(3)38-36-40(32)34(42)30(46-36)19-26-15-17-29(45-26)28-18-24(37)14-16-27(28)35(43)44-4/h5-20,32H,1-4H3,(H,39,41)/b30-19+/t32-/m1/s1. The number of furan rings is 1. The number of allylic oxidation sites excluding steroid dienone is 1. The minimum Gasteiger partial charge on any atom is -0.465 e. The number of benzene rings is 3. The van der Waals surface area contributed by atoms with Crippen molar-refractivity contribution in [1.29, 1.82) is 0 Å². The largest absolute Gasteiger partial charge is 0.465 e.